The molecule has 1 N–H and O–H groups in total. The van der Waals surface area contributed by atoms with Gasteiger partial charge in [0.2, 0.25) is 6.79 Å². The molecule has 0 aliphatic carbocycles. The van der Waals surface area contributed by atoms with Gasteiger partial charge in [0.05, 0.1) is 0 Å². The second-order valence-corrected chi connectivity index (χ2v) is 6.88. The van der Waals surface area contributed by atoms with E-state index in [0.717, 1.165) is 34.1 Å². The summed E-state index contributed by atoms with van der Waals surface area (Å²) in [5.41, 5.74) is 4.31. The molecule has 0 aromatic heterocycles. The average Bonchev–Trinajstić information content (AvgIpc) is 3.15. The highest BCUT2D eigenvalue weighted by Gasteiger charge is 2.13. The van der Waals surface area contributed by atoms with Gasteiger partial charge in [0.1, 0.15) is 12.4 Å². The molecule has 27 heavy (non-hydrogen) atoms. The Morgan fingerprint density at radius 2 is 1.78 bits per heavy atom. The van der Waals surface area contributed by atoms with Crippen LogP contribution in [-0.2, 0) is 13.2 Å². The number of aryl methyl sites for hydroxylation is 1. The van der Waals surface area contributed by atoms with Crippen molar-refractivity contribution in [1.82, 2.24) is 0 Å². The van der Waals surface area contributed by atoms with Crippen LogP contribution in [0.25, 0.3) is 0 Å². The van der Waals surface area contributed by atoms with Crippen molar-refractivity contribution < 1.29 is 14.2 Å². The van der Waals surface area contributed by atoms with Crippen LogP contribution in [0.15, 0.2) is 60.7 Å². The number of hydrogen-bond donors (Lipinski definition) is 1. The van der Waals surface area contributed by atoms with Crippen LogP contribution in [0, 0.1) is 6.92 Å². The Bertz CT molecular complexity index is 941. The van der Waals surface area contributed by atoms with Gasteiger partial charge in [0, 0.05) is 28.9 Å². The fraction of sp³-hybridized carbons (Fsp3) is 0.182. The van der Waals surface area contributed by atoms with E-state index in [0.29, 0.717) is 18.2 Å². The zero-order chi connectivity index (χ0) is 18.6. The molecule has 0 radical (unpaired) electrons. The van der Waals surface area contributed by atoms with E-state index in [1.54, 1.807) is 0 Å². The van der Waals surface area contributed by atoms with Gasteiger partial charge in [-0.15, -0.1) is 0 Å². The van der Waals surface area contributed by atoms with E-state index in [2.05, 4.69) is 36.5 Å². The van der Waals surface area contributed by atoms with Gasteiger partial charge in [0.15, 0.2) is 11.5 Å². The fourth-order valence-electron chi connectivity index (χ4n) is 2.88. The van der Waals surface area contributed by atoms with Crippen LogP contribution < -0.4 is 19.5 Å². The normalized spacial score (nSPS) is 12.1. The Hall–Kier alpha value is -2.85. The first kappa shape index (κ1) is 17.6. The lowest BCUT2D eigenvalue weighted by Gasteiger charge is -2.14. The summed E-state index contributed by atoms with van der Waals surface area (Å²) in [4.78, 5) is 0. The smallest absolute Gasteiger partial charge is 0.231 e. The summed E-state index contributed by atoms with van der Waals surface area (Å²) in [5, 5.41) is 4.07. The van der Waals surface area contributed by atoms with Crippen molar-refractivity contribution in [2.24, 2.45) is 0 Å². The van der Waals surface area contributed by atoms with Crippen LogP contribution in [0.2, 0.25) is 5.02 Å². The Balaban J connectivity index is 1.45. The predicted molar refractivity (Wildman–Crippen MR) is 107 cm³/mol. The van der Waals surface area contributed by atoms with Gasteiger partial charge < -0.3 is 19.5 Å². The van der Waals surface area contributed by atoms with Gasteiger partial charge in [0.25, 0.3) is 0 Å². The largest absolute Gasteiger partial charge is 0.489 e. The third kappa shape index (κ3) is 4.29. The quantitative estimate of drug-likeness (QED) is 0.606. The van der Waals surface area contributed by atoms with Crippen LogP contribution in [0.4, 0.5) is 5.69 Å². The number of nitrogens with one attached hydrogen (secondary N) is 1. The van der Waals surface area contributed by atoms with Gasteiger partial charge in [-0.05, 0) is 42.8 Å². The van der Waals surface area contributed by atoms with E-state index in [1.807, 2.05) is 36.4 Å². The molecule has 0 bridgehead atoms. The van der Waals surface area contributed by atoms with E-state index < -0.39 is 0 Å². The minimum Gasteiger partial charge on any atom is -0.489 e. The zero-order valence-corrected chi connectivity index (χ0v) is 15.8. The lowest BCUT2D eigenvalue weighted by molar-refractivity contribution is 0.174. The highest BCUT2D eigenvalue weighted by atomic mass is 35.5. The summed E-state index contributed by atoms with van der Waals surface area (Å²) in [5.74, 6) is 2.33. The molecule has 3 aromatic rings. The van der Waals surface area contributed by atoms with E-state index >= 15 is 0 Å². The first-order valence-corrected chi connectivity index (χ1v) is 9.15. The maximum Gasteiger partial charge on any atom is 0.231 e. The molecule has 0 amide bonds. The van der Waals surface area contributed by atoms with Crippen molar-refractivity contribution in [1.29, 1.82) is 0 Å². The number of fused-ring (bicyclic) bond motifs is 1. The molecule has 0 saturated carbocycles. The molecule has 0 atom stereocenters. The van der Waals surface area contributed by atoms with E-state index in [-0.39, 0.29) is 6.79 Å². The molecular formula is C22H20ClNO3. The molecule has 0 spiro atoms. The number of rotatable bonds is 6. The summed E-state index contributed by atoms with van der Waals surface area (Å²) in [6, 6.07) is 19.8. The number of benzene rings is 3. The molecule has 5 heteroatoms. The second kappa shape index (κ2) is 7.80. The van der Waals surface area contributed by atoms with Crippen LogP contribution in [0.1, 0.15) is 16.7 Å². The van der Waals surface area contributed by atoms with E-state index in [1.165, 1.54) is 5.56 Å². The van der Waals surface area contributed by atoms with Crippen molar-refractivity contribution in [3.8, 4) is 17.2 Å². The Morgan fingerprint density at radius 1 is 0.963 bits per heavy atom. The molecule has 1 aliphatic rings. The van der Waals surface area contributed by atoms with Gasteiger partial charge in [-0.1, -0.05) is 41.4 Å². The number of anilines is 1. The molecule has 3 aromatic carbocycles. The summed E-state index contributed by atoms with van der Waals surface area (Å²) < 4.78 is 16.8. The Labute approximate surface area is 163 Å². The summed E-state index contributed by atoms with van der Waals surface area (Å²) >= 11 is 6.19. The topological polar surface area (TPSA) is 39.7 Å². The third-order valence-electron chi connectivity index (χ3n) is 4.39. The fourth-order valence-corrected chi connectivity index (χ4v) is 3.07. The van der Waals surface area contributed by atoms with Crippen LogP contribution in [-0.4, -0.2) is 6.79 Å². The standard InChI is InChI=1S/C22H20ClNO3/c1-15-2-4-16(5-3-15)13-25-20-8-6-18(23)10-17(20)12-24-19-7-9-21-22(11-19)27-14-26-21/h2-11,24H,12-14H2,1H3. The van der Waals surface area contributed by atoms with Crippen LogP contribution >= 0.6 is 11.6 Å². The van der Waals surface area contributed by atoms with Crippen molar-refractivity contribution in [3.05, 3.63) is 82.4 Å². The molecule has 4 nitrogen and oxygen atoms in total. The SMILES string of the molecule is Cc1ccc(COc2ccc(Cl)cc2CNc2ccc3c(c2)OCO3)cc1. The lowest BCUT2D eigenvalue weighted by atomic mass is 10.1. The van der Waals surface area contributed by atoms with Crippen molar-refractivity contribution in [2.75, 3.05) is 12.1 Å². The van der Waals surface area contributed by atoms with Crippen LogP contribution in [0.5, 0.6) is 17.2 Å². The summed E-state index contributed by atoms with van der Waals surface area (Å²) in [6.45, 7) is 3.44. The maximum atomic E-state index is 6.19. The first-order valence-electron chi connectivity index (χ1n) is 8.78. The highest BCUT2D eigenvalue weighted by Crippen LogP contribution is 2.34. The van der Waals surface area contributed by atoms with Gasteiger partial charge in [-0.3, -0.25) is 0 Å². The second-order valence-electron chi connectivity index (χ2n) is 6.45. The monoisotopic (exact) mass is 381 g/mol. The van der Waals surface area contributed by atoms with Crippen molar-refractivity contribution in [2.45, 2.75) is 20.1 Å². The van der Waals surface area contributed by atoms with Gasteiger partial charge in [-0.25, -0.2) is 0 Å². The predicted octanol–water partition coefficient (Wildman–Crippen LogP) is 5.57. The van der Waals surface area contributed by atoms with E-state index in [4.69, 9.17) is 25.8 Å². The molecule has 138 valence electrons. The molecule has 1 heterocycles. The van der Waals surface area contributed by atoms with Gasteiger partial charge >= 0.3 is 0 Å². The Kier molecular flexibility index (Phi) is 5.07. The minimum absolute atomic E-state index is 0.268. The first-order chi connectivity index (χ1) is 13.2. The number of halogens is 1. The van der Waals surface area contributed by atoms with Gasteiger partial charge in [-0.2, -0.15) is 0 Å². The summed E-state index contributed by atoms with van der Waals surface area (Å²) in [7, 11) is 0. The molecule has 4 rings (SSSR count). The summed E-state index contributed by atoms with van der Waals surface area (Å²) in [6.07, 6.45) is 0. The maximum absolute atomic E-state index is 6.19. The van der Waals surface area contributed by atoms with Crippen molar-refractivity contribution >= 4 is 17.3 Å². The molecular weight excluding hydrogens is 362 g/mol. The lowest BCUT2D eigenvalue weighted by Crippen LogP contribution is -2.04. The van der Waals surface area contributed by atoms with E-state index in [9.17, 15) is 0 Å². The number of ether oxygens (including phenoxy) is 3. The molecule has 0 fully saturated rings. The third-order valence-corrected chi connectivity index (χ3v) is 4.63. The molecule has 0 unspecified atom stereocenters. The Morgan fingerprint density at radius 3 is 2.63 bits per heavy atom. The zero-order valence-electron chi connectivity index (χ0n) is 15.0. The molecule has 0 saturated heterocycles. The average molecular weight is 382 g/mol. The highest BCUT2D eigenvalue weighted by molar-refractivity contribution is 6.30. The molecule has 1 aliphatic heterocycles. The minimum atomic E-state index is 0.268. The number of hydrogen-bond acceptors (Lipinski definition) is 4. The van der Waals surface area contributed by atoms with Crippen molar-refractivity contribution in [3.63, 3.8) is 0 Å². The van der Waals surface area contributed by atoms with Crippen LogP contribution in [0.3, 0.4) is 0 Å².